The van der Waals surface area contributed by atoms with Crippen molar-refractivity contribution in [3.63, 3.8) is 0 Å². The Balaban J connectivity index is 0.00000441. The van der Waals surface area contributed by atoms with E-state index in [-0.39, 0.29) is 36.4 Å². The first-order valence-electron chi connectivity index (χ1n) is 8.01. The van der Waals surface area contributed by atoms with Gasteiger partial charge in [-0.2, -0.15) is 0 Å². The summed E-state index contributed by atoms with van der Waals surface area (Å²) >= 11 is 0. The van der Waals surface area contributed by atoms with Gasteiger partial charge in [0.1, 0.15) is 6.54 Å². The van der Waals surface area contributed by atoms with E-state index in [2.05, 4.69) is 27.4 Å². The van der Waals surface area contributed by atoms with Crippen LogP contribution in [0.15, 0.2) is 4.99 Å². The Labute approximate surface area is 152 Å². The van der Waals surface area contributed by atoms with Gasteiger partial charge in [0, 0.05) is 33.7 Å². The molecule has 1 rings (SSSR count). The SMILES string of the molecule is CCNC(=NCC(=O)N(C)C)NCC1CCCN(CC)C1.I. The van der Waals surface area contributed by atoms with E-state index < -0.39 is 0 Å². The van der Waals surface area contributed by atoms with Crippen molar-refractivity contribution in [1.82, 2.24) is 20.4 Å². The highest BCUT2D eigenvalue weighted by Gasteiger charge is 2.18. The number of nitrogens with one attached hydrogen (secondary N) is 2. The largest absolute Gasteiger partial charge is 0.357 e. The Kier molecular flexibility index (Phi) is 11.6. The number of hydrogen-bond donors (Lipinski definition) is 2. The highest BCUT2D eigenvalue weighted by atomic mass is 127. The van der Waals surface area contributed by atoms with Crippen LogP contribution < -0.4 is 10.6 Å². The molecule has 0 aromatic carbocycles. The maximum absolute atomic E-state index is 11.6. The molecule has 0 aliphatic carbocycles. The van der Waals surface area contributed by atoms with Gasteiger partial charge >= 0.3 is 0 Å². The van der Waals surface area contributed by atoms with Gasteiger partial charge in [-0.1, -0.05) is 6.92 Å². The van der Waals surface area contributed by atoms with Gasteiger partial charge in [0.25, 0.3) is 0 Å². The fourth-order valence-corrected chi connectivity index (χ4v) is 2.48. The van der Waals surface area contributed by atoms with Gasteiger partial charge in [0.15, 0.2) is 5.96 Å². The standard InChI is InChI=1S/C15H31N5O.HI/c1-5-16-15(18-11-14(21)19(3)4)17-10-13-8-7-9-20(6-2)12-13;/h13H,5-12H2,1-4H3,(H2,16,17,18);1H. The number of aliphatic imine (C=N–C) groups is 1. The lowest BCUT2D eigenvalue weighted by Crippen LogP contribution is -2.44. The number of piperidine rings is 1. The maximum Gasteiger partial charge on any atom is 0.243 e. The van der Waals surface area contributed by atoms with Crippen LogP contribution in [0.3, 0.4) is 0 Å². The fourth-order valence-electron chi connectivity index (χ4n) is 2.48. The summed E-state index contributed by atoms with van der Waals surface area (Å²) in [4.78, 5) is 20.0. The number of hydrogen-bond acceptors (Lipinski definition) is 3. The van der Waals surface area contributed by atoms with E-state index in [1.807, 2.05) is 6.92 Å². The molecule has 1 amide bonds. The molecule has 1 aliphatic heterocycles. The average molecular weight is 425 g/mol. The van der Waals surface area contributed by atoms with Crippen molar-refractivity contribution in [2.75, 3.05) is 53.4 Å². The Bertz CT molecular complexity index is 349. The molecular formula is C15H32IN5O. The third-order valence-electron chi connectivity index (χ3n) is 3.82. The number of carbonyl (C=O) groups excluding carboxylic acids is 1. The summed E-state index contributed by atoms with van der Waals surface area (Å²) < 4.78 is 0. The molecule has 1 atom stereocenters. The van der Waals surface area contributed by atoms with Crippen molar-refractivity contribution in [2.45, 2.75) is 26.7 Å². The van der Waals surface area contributed by atoms with Crippen LogP contribution in [0.4, 0.5) is 0 Å². The van der Waals surface area contributed by atoms with Gasteiger partial charge in [-0.15, -0.1) is 24.0 Å². The third kappa shape index (κ3) is 8.17. The summed E-state index contributed by atoms with van der Waals surface area (Å²) in [6, 6.07) is 0. The Morgan fingerprint density at radius 1 is 1.32 bits per heavy atom. The highest BCUT2D eigenvalue weighted by Crippen LogP contribution is 2.14. The number of guanidine groups is 1. The number of carbonyl (C=O) groups is 1. The normalized spacial score (nSPS) is 19.3. The van der Waals surface area contributed by atoms with Crippen molar-refractivity contribution < 1.29 is 4.79 Å². The van der Waals surface area contributed by atoms with Crippen molar-refractivity contribution >= 4 is 35.8 Å². The van der Waals surface area contributed by atoms with Gasteiger partial charge in [-0.3, -0.25) is 4.79 Å². The quantitative estimate of drug-likeness (QED) is 0.379. The molecule has 22 heavy (non-hydrogen) atoms. The van der Waals surface area contributed by atoms with E-state index in [1.165, 1.54) is 19.4 Å². The highest BCUT2D eigenvalue weighted by molar-refractivity contribution is 14.0. The monoisotopic (exact) mass is 425 g/mol. The van der Waals surface area contributed by atoms with Gasteiger partial charge in [0.2, 0.25) is 5.91 Å². The molecule has 1 unspecified atom stereocenters. The molecule has 1 aliphatic rings. The van der Waals surface area contributed by atoms with Gasteiger partial charge in [-0.05, 0) is 38.8 Å². The second-order valence-electron chi connectivity index (χ2n) is 5.77. The van der Waals surface area contributed by atoms with E-state index in [4.69, 9.17) is 0 Å². The zero-order chi connectivity index (χ0) is 15.7. The molecule has 130 valence electrons. The van der Waals surface area contributed by atoms with Crippen molar-refractivity contribution in [3.05, 3.63) is 0 Å². The number of likely N-dealkylation sites (N-methyl/N-ethyl adjacent to an activating group) is 1. The molecule has 7 heteroatoms. The first-order valence-corrected chi connectivity index (χ1v) is 8.01. The van der Waals surface area contributed by atoms with E-state index >= 15 is 0 Å². The van der Waals surface area contributed by atoms with E-state index in [0.717, 1.165) is 32.1 Å². The molecule has 1 saturated heterocycles. The third-order valence-corrected chi connectivity index (χ3v) is 3.82. The first kappa shape index (κ1) is 21.4. The topological polar surface area (TPSA) is 60.0 Å². The van der Waals surface area contributed by atoms with Crippen LogP contribution in [0.25, 0.3) is 0 Å². The average Bonchev–Trinajstić information content (AvgIpc) is 2.49. The molecule has 0 radical (unpaired) electrons. The molecule has 0 bridgehead atoms. The second-order valence-corrected chi connectivity index (χ2v) is 5.77. The maximum atomic E-state index is 11.6. The molecular weight excluding hydrogens is 393 g/mol. The summed E-state index contributed by atoms with van der Waals surface area (Å²) in [7, 11) is 3.50. The lowest BCUT2D eigenvalue weighted by Gasteiger charge is -2.32. The molecule has 1 fully saturated rings. The van der Waals surface area contributed by atoms with Crippen LogP contribution in [-0.2, 0) is 4.79 Å². The number of halogens is 1. The summed E-state index contributed by atoms with van der Waals surface area (Å²) in [6.07, 6.45) is 2.53. The summed E-state index contributed by atoms with van der Waals surface area (Å²) in [5.41, 5.74) is 0. The lowest BCUT2D eigenvalue weighted by molar-refractivity contribution is -0.127. The minimum absolute atomic E-state index is 0. The first-order chi connectivity index (χ1) is 10.1. The van der Waals surface area contributed by atoms with Crippen LogP contribution in [0.5, 0.6) is 0 Å². The van der Waals surface area contributed by atoms with Crippen LogP contribution in [0.2, 0.25) is 0 Å². The van der Waals surface area contributed by atoms with Crippen molar-refractivity contribution in [3.8, 4) is 0 Å². The van der Waals surface area contributed by atoms with E-state index in [0.29, 0.717) is 5.92 Å². The molecule has 1 heterocycles. The van der Waals surface area contributed by atoms with Crippen LogP contribution in [-0.4, -0.2) is 75.0 Å². The van der Waals surface area contributed by atoms with Gasteiger partial charge < -0.3 is 20.4 Å². The molecule has 0 spiro atoms. The zero-order valence-electron chi connectivity index (χ0n) is 14.4. The molecule has 0 aromatic heterocycles. The number of rotatable bonds is 6. The molecule has 0 aromatic rings. The molecule has 2 N–H and O–H groups in total. The van der Waals surface area contributed by atoms with Gasteiger partial charge in [-0.25, -0.2) is 4.99 Å². The van der Waals surface area contributed by atoms with Crippen molar-refractivity contribution in [1.29, 1.82) is 0 Å². The van der Waals surface area contributed by atoms with Crippen LogP contribution in [0.1, 0.15) is 26.7 Å². The number of amides is 1. The fraction of sp³-hybridized carbons (Fsp3) is 0.867. The lowest BCUT2D eigenvalue weighted by atomic mass is 9.98. The number of likely N-dealkylation sites (tertiary alicyclic amines) is 1. The summed E-state index contributed by atoms with van der Waals surface area (Å²) in [6.45, 7) is 9.65. The van der Waals surface area contributed by atoms with Crippen molar-refractivity contribution in [2.24, 2.45) is 10.9 Å². The zero-order valence-corrected chi connectivity index (χ0v) is 16.7. The van der Waals surface area contributed by atoms with E-state index in [1.54, 1.807) is 19.0 Å². The molecule has 6 nitrogen and oxygen atoms in total. The molecule has 0 saturated carbocycles. The van der Waals surface area contributed by atoms with Crippen LogP contribution in [0, 0.1) is 5.92 Å². The van der Waals surface area contributed by atoms with Crippen LogP contribution >= 0.6 is 24.0 Å². The predicted molar refractivity (Wildman–Crippen MR) is 103 cm³/mol. The second kappa shape index (κ2) is 11.9. The smallest absolute Gasteiger partial charge is 0.243 e. The number of nitrogens with zero attached hydrogens (tertiary/aromatic N) is 3. The minimum atomic E-state index is 0. The van der Waals surface area contributed by atoms with Gasteiger partial charge in [0.05, 0.1) is 0 Å². The summed E-state index contributed by atoms with van der Waals surface area (Å²) in [5.74, 6) is 1.41. The predicted octanol–water partition coefficient (Wildman–Crippen LogP) is 0.980. The Morgan fingerprint density at radius 2 is 2.05 bits per heavy atom. The minimum Gasteiger partial charge on any atom is -0.357 e. The Hall–Kier alpha value is -0.570. The Morgan fingerprint density at radius 3 is 2.64 bits per heavy atom. The summed E-state index contributed by atoms with van der Waals surface area (Å²) in [5, 5.41) is 6.57. The van der Waals surface area contributed by atoms with E-state index in [9.17, 15) is 4.79 Å².